The van der Waals surface area contributed by atoms with E-state index in [9.17, 15) is 18.8 Å². The van der Waals surface area contributed by atoms with Gasteiger partial charge >= 0.3 is 0 Å². The van der Waals surface area contributed by atoms with Crippen molar-refractivity contribution in [3.8, 4) is 5.75 Å². The van der Waals surface area contributed by atoms with E-state index in [1.165, 1.54) is 36.0 Å². The van der Waals surface area contributed by atoms with Gasteiger partial charge in [0.25, 0.3) is 11.8 Å². The lowest BCUT2D eigenvalue weighted by Gasteiger charge is -2.14. The Morgan fingerprint density at radius 2 is 1.60 bits per heavy atom. The minimum Gasteiger partial charge on any atom is -0.497 e. The van der Waals surface area contributed by atoms with E-state index in [0.717, 1.165) is 4.90 Å². The van der Waals surface area contributed by atoms with Crippen LogP contribution in [0.4, 0.5) is 15.8 Å². The fourth-order valence-corrected chi connectivity index (χ4v) is 4.90. The van der Waals surface area contributed by atoms with Crippen LogP contribution in [-0.2, 0) is 9.59 Å². The lowest BCUT2D eigenvalue weighted by Crippen LogP contribution is -2.30. The van der Waals surface area contributed by atoms with Crippen LogP contribution in [0.2, 0.25) is 5.02 Å². The first-order chi connectivity index (χ1) is 20.2. The Morgan fingerprint density at radius 1 is 0.881 bits per heavy atom. The summed E-state index contributed by atoms with van der Waals surface area (Å²) in [6, 6.07) is 26.4. The van der Waals surface area contributed by atoms with Crippen LogP contribution in [0.5, 0.6) is 5.75 Å². The Morgan fingerprint density at radius 3 is 2.29 bits per heavy atom. The van der Waals surface area contributed by atoms with Gasteiger partial charge in [-0.1, -0.05) is 41.9 Å². The molecule has 3 amide bonds. The minimum absolute atomic E-state index is 0.0429. The molecule has 0 aromatic heterocycles. The standard InChI is InChI=1S/C32H27ClFN3O4S/c1-20(30(38)35-22-14-16-24(41-2)17-15-22)42-25-11-6-10-23(18-25)36-32(40)29(19-26-27(33)12-7-13-28(26)34)37-31(39)21-8-4-3-5-9-21/h3-20H,1-2H3,(H,35,38)(H,36,40)(H,37,39)/b29-19+. The van der Waals surface area contributed by atoms with Gasteiger partial charge in [0.15, 0.2) is 0 Å². The molecule has 10 heteroatoms. The van der Waals surface area contributed by atoms with E-state index in [0.29, 0.717) is 22.7 Å². The van der Waals surface area contributed by atoms with Gasteiger partial charge in [0.05, 0.1) is 17.4 Å². The average molecular weight is 604 g/mol. The molecule has 0 spiro atoms. The zero-order valence-electron chi connectivity index (χ0n) is 22.7. The van der Waals surface area contributed by atoms with Gasteiger partial charge in [0.2, 0.25) is 5.91 Å². The highest BCUT2D eigenvalue weighted by Gasteiger charge is 2.18. The molecule has 0 radical (unpaired) electrons. The van der Waals surface area contributed by atoms with E-state index in [1.807, 2.05) is 6.07 Å². The number of rotatable bonds is 10. The van der Waals surface area contributed by atoms with Gasteiger partial charge < -0.3 is 20.7 Å². The number of methoxy groups -OCH3 is 1. The number of carbonyl (C=O) groups excluding carboxylic acids is 3. The van der Waals surface area contributed by atoms with Gasteiger partial charge in [-0.15, -0.1) is 11.8 Å². The predicted molar refractivity (Wildman–Crippen MR) is 165 cm³/mol. The van der Waals surface area contributed by atoms with Crippen LogP contribution in [0, 0.1) is 5.82 Å². The van der Waals surface area contributed by atoms with E-state index in [-0.39, 0.29) is 22.2 Å². The molecule has 0 aliphatic rings. The third-order valence-electron chi connectivity index (χ3n) is 5.95. The molecule has 1 atom stereocenters. The largest absolute Gasteiger partial charge is 0.497 e. The quantitative estimate of drug-likeness (QED) is 0.134. The maximum Gasteiger partial charge on any atom is 0.272 e. The number of hydrogen-bond donors (Lipinski definition) is 3. The third kappa shape index (κ3) is 8.22. The van der Waals surface area contributed by atoms with Crippen LogP contribution in [0.25, 0.3) is 6.08 Å². The maximum atomic E-state index is 14.6. The summed E-state index contributed by atoms with van der Waals surface area (Å²) in [5.41, 5.74) is 1.12. The van der Waals surface area contributed by atoms with E-state index >= 15 is 0 Å². The van der Waals surface area contributed by atoms with Crippen LogP contribution < -0.4 is 20.7 Å². The second kappa shape index (κ2) is 14.3. The molecular formula is C32H27ClFN3O4S. The molecular weight excluding hydrogens is 577 g/mol. The summed E-state index contributed by atoms with van der Waals surface area (Å²) < 4.78 is 19.7. The lowest BCUT2D eigenvalue weighted by molar-refractivity contribution is -0.115. The van der Waals surface area contributed by atoms with Gasteiger partial charge in [-0.05, 0) is 79.7 Å². The van der Waals surface area contributed by atoms with Gasteiger partial charge in [0.1, 0.15) is 17.3 Å². The maximum absolute atomic E-state index is 14.6. The number of anilines is 2. The number of ether oxygens (including phenoxy) is 1. The fourth-order valence-electron chi connectivity index (χ4n) is 3.76. The Bertz CT molecular complexity index is 1590. The number of benzene rings is 4. The van der Waals surface area contributed by atoms with Crippen LogP contribution in [0.3, 0.4) is 0 Å². The van der Waals surface area contributed by atoms with Crippen LogP contribution in [0.15, 0.2) is 108 Å². The number of carbonyl (C=O) groups is 3. The average Bonchev–Trinajstić information content (AvgIpc) is 2.99. The fraction of sp³-hybridized carbons (Fsp3) is 0.0938. The highest BCUT2D eigenvalue weighted by atomic mass is 35.5. The Labute approximate surface area is 252 Å². The molecule has 0 aliphatic heterocycles. The minimum atomic E-state index is -0.689. The highest BCUT2D eigenvalue weighted by molar-refractivity contribution is 8.00. The third-order valence-corrected chi connectivity index (χ3v) is 7.37. The van der Waals surface area contributed by atoms with Crippen molar-refractivity contribution in [3.05, 3.63) is 125 Å². The summed E-state index contributed by atoms with van der Waals surface area (Å²) in [6.45, 7) is 1.77. The highest BCUT2D eigenvalue weighted by Crippen LogP contribution is 2.28. The molecule has 4 aromatic rings. The zero-order valence-corrected chi connectivity index (χ0v) is 24.3. The van der Waals surface area contributed by atoms with Crippen molar-refractivity contribution in [2.45, 2.75) is 17.1 Å². The van der Waals surface area contributed by atoms with Gasteiger partial charge in [-0.2, -0.15) is 0 Å². The van der Waals surface area contributed by atoms with Gasteiger partial charge in [-0.25, -0.2) is 4.39 Å². The molecule has 214 valence electrons. The zero-order chi connectivity index (χ0) is 30.1. The second-order valence-corrected chi connectivity index (χ2v) is 10.8. The molecule has 0 saturated carbocycles. The topological polar surface area (TPSA) is 96.5 Å². The number of nitrogens with one attached hydrogen (secondary N) is 3. The molecule has 42 heavy (non-hydrogen) atoms. The van der Waals surface area contributed by atoms with Crippen molar-refractivity contribution in [1.29, 1.82) is 0 Å². The first kappa shape index (κ1) is 30.4. The number of hydrogen-bond acceptors (Lipinski definition) is 5. The van der Waals surface area contributed by atoms with Crippen molar-refractivity contribution < 1.29 is 23.5 Å². The summed E-state index contributed by atoms with van der Waals surface area (Å²) in [5.74, 6) is -1.40. The van der Waals surface area contributed by atoms with Crippen molar-refractivity contribution in [2.24, 2.45) is 0 Å². The lowest BCUT2D eigenvalue weighted by atomic mass is 10.1. The van der Waals surface area contributed by atoms with Crippen LogP contribution in [-0.4, -0.2) is 30.1 Å². The summed E-state index contributed by atoms with van der Waals surface area (Å²) in [5, 5.41) is 7.79. The van der Waals surface area contributed by atoms with Crippen LogP contribution in [0.1, 0.15) is 22.8 Å². The first-order valence-corrected chi connectivity index (χ1v) is 14.0. The summed E-state index contributed by atoms with van der Waals surface area (Å²) >= 11 is 7.48. The molecule has 0 saturated heterocycles. The first-order valence-electron chi connectivity index (χ1n) is 12.8. The molecule has 1 unspecified atom stereocenters. The van der Waals surface area contributed by atoms with E-state index in [4.69, 9.17) is 16.3 Å². The predicted octanol–water partition coefficient (Wildman–Crippen LogP) is 7.02. The van der Waals surface area contributed by atoms with E-state index in [2.05, 4.69) is 16.0 Å². The Hall–Kier alpha value is -4.60. The summed E-state index contributed by atoms with van der Waals surface area (Å²) in [4.78, 5) is 39.7. The van der Waals surface area contributed by atoms with Gasteiger partial charge in [0, 0.05) is 27.4 Å². The summed E-state index contributed by atoms with van der Waals surface area (Å²) in [7, 11) is 1.57. The molecule has 4 rings (SSSR count). The van der Waals surface area contributed by atoms with E-state index < -0.39 is 22.9 Å². The monoisotopic (exact) mass is 603 g/mol. The van der Waals surface area contributed by atoms with Crippen molar-refractivity contribution in [3.63, 3.8) is 0 Å². The number of amides is 3. The molecule has 7 nitrogen and oxygen atoms in total. The summed E-state index contributed by atoms with van der Waals surface area (Å²) in [6.07, 6.45) is 1.19. The normalized spacial score (nSPS) is 11.8. The second-order valence-electron chi connectivity index (χ2n) is 8.97. The molecule has 4 aromatic carbocycles. The Kier molecular flexibility index (Phi) is 10.4. The SMILES string of the molecule is COc1ccc(NC(=O)C(C)Sc2cccc(NC(=O)/C(=C\c3c(F)cccc3Cl)NC(=O)c3ccccc3)c2)cc1. The molecule has 0 fully saturated rings. The smallest absolute Gasteiger partial charge is 0.272 e. The Balaban J connectivity index is 1.49. The molecule has 3 N–H and O–H groups in total. The molecule has 0 aliphatic carbocycles. The van der Waals surface area contributed by atoms with Gasteiger partial charge in [-0.3, -0.25) is 14.4 Å². The van der Waals surface area contributed by atoms with E-state index in [1.54, 1.807) is 86.8 Å². The van der Waals surface area contributed by atoms with Crippen LogP contribution >= 0.6 is 23.4 Å². The number of thioether (sulfide) groups is 1. The van der Waals surface area contributed by atoms with Crippen molar-refractivity contribution >= 4 is 58.5 Å². The molecule has 0 heterocycles. The molecule has 0 bridgehead atoms. The van der Waals surface area contributed by atoms with Crippen molar-refractivity contribution in [1.82, 2.24) is 5.32 Å². The number of halogens is 2. The van der Waals surface area contributed by atoms with Crippen molar-refractivity contribution in [2.75, 3.05) is 17.7 Å².